The minimum absolute atomic E-state index is 0.0109. The lowest BCUT2D eigenvalue weighted by Crippen LogP contribution is -2.22. The molecule has 0 aliphatic rings. The molecule has 4 nitrogen and oxygen atoms in total. The lowest BCUT2D eigenvalue weighted by molar-refractivity contribution is -0.118. The zero-order valence-electron chi connectivity index (χ0n) is 8.59. The number of carbonyl (C=O) groups is 1. The van der Waals surface area contributed by atoms with E-state index in [1.807, 2.05) is 12.1 Å². The number of pyridine rings is 1. The van der Waals surface area contributed by atoms with E-state index < -0.39 is 0 Å². The summed E-state index contributed by atoms with van der Waals surface area (Å²) in [5.41, 5.74) is 0. The molecule has 0 saturated heterocycles. The maximum Gasteiger partial charge on any atom is 0.216 e. The van der Waals surface area contributed by atoms with Crippen LogP contribution in [0.5, 0.6) is 0 Å². The number of hydrogen-bond donors (Lipinski definition) is 2. The Hall–Kier alpha value is -1.10. The van der Waals surface area contributed by atoms with E-state index in [2.05, 4.69) is 31.5 Å². The summed E-state index contributed by atoms with van der Waals surface area (Å²) in [7, 11) is 0. The van der Waals surface area contributed by atoms with Gasteiger partial charge in [-0.05, 0) is 34.5 Å². The van der Waals surface area contributed by atoms with Crippen LogP contribution in [-0.2, 0) is 4.79 Å². The summed E-state index contributed by atoms with van der Waals surface area (Å²) in [6.07, 6.45) is 2.63. The molecule has 2 N–H and O–H groups in total. The molecule has 0 fully saturated rings. The predicted molar refractivity (Wildman–Crippen MR) is 63.7 cm³/mol. The molecular formula is C10H14BrN3O. The maximum absolute atomic E-state index is 10.6. The molecule has 82 valence electrons. The van der Waals surface area contributed by atoms with Crippen LogP contribution in [0.1, 0.15) is 13.3 Å². The highest BCUT2D eigenvalue weighted by molar-refractivity contribution is 9.10. The van der Waals surface area contributed by atoms with E-state index in [1.165, 1.54) is 6.92 Å². The van der Waals surface area contributed by atoms with Crippen molar-refractivity contribution in [2.75, 3.05) is 18.4 Å². The van der Waals surface area contributed by atoms with E-state index in [4.69, 9.17) is 0 Å². The standard InChI is InChI=1S/C10H14BrN3O/c1-8(15)12-5-2-6-13-10-4-3-9(11)7-14-10/h3-4,7H,2,5-6H2,1H3,(H,12,15)(H,13,14). The highest BCUT2D eigenvalue weighted by Gasteiger charge is 1.94. The minimum atomic E-state index is 0.0109. The second-order valence-electron chi connectivity index (χ2n) is 3.12. The van der Waals surface area contributed by atoms with Crippen LogP contribution < -0.4 is 10.6 Å². The monoisotopic (exact) mass is 271 g/mol. The summed E-state index contributed by atoms with van der Waals surface area (Å²) in [5, 5.41) is 5.90. The van der Waals surface area contributed by atoms with Crippen LogP contribution in [-0.4, -0.2) is 24.0 Å². The van der Waals surface area contributed by atoms with E-state index in [0.717, 1.165) is 23.3 Å². The Labute approximate surface area is 97.6 Å². The minimum Gasteiger partial charge on any atom is -0.370 e. The van der Waals surface area contributed by atoms with E-state index in [-0.39, 0.29) is 5.91 Å². The highest BCUT2D eigenvalue weighted by atomic mass is 79.9. The number of amides is 1. The van der Waals surface area contributed by atoms with Crippen molar-refractivity contribution >= 4 is 27.7 Å². The van der Waals surface area contributed by atoms with Gasteiger partial charge in [0.1, 0.15) is 5.82 Å². The molecule has 15 heavy (non-hydrogen) atoms. The van der Waals surface area contributed by atoms with Crippen LogP contribution in [0.25, 0.3) is 0 Å². The van der Waals surface area contributed by atoms with Crippen molar-refractivity contribution in [1.29, 1.82) is 0 Å². The van der Waals surface area contributed by atoms with Crippen molar-refractivity contribution in [3.63, 3.8) is 0 Å². The number of aromatic nitrogens is 1. The summed E-state index contributed by atoms with van der Waals surface area (Å²) >= 11 is 3.32. The second kappa shape index (κ2) is 6.40. The smallest absolute Gasteiger partial charge is 0.216 e. The SMILES string of the molecule is CC(=O)NCCCNc1ccc(Br)cn1. The van der Waals surface area contributed by atoms with Crippen LogP contribution in [0, 0.1) is 0 Å². The van der Waals surface area contributed by atoms with Gasteiger partial charge in [0.2, 0.25) is 5.91 Å². The lowest BCUT2D eigenvalue weighted by atomic mass is 10.4. The van der Waals surface area contributed by atoms with Gasteiger partial charge in [0, 0.05) is 30.7 Å². The van der Waals surface area contributed by atoms with Gasteiger partial charge in [-0.1, -0.05) is 0 Å². The molecular weight excluding hydrogens is 258 g/mol. The Balaban J connectivity index is 2.15. The predicted octanol–water partition coefficient (Wildman–Crippen LogP) is 1.78. The van der Waals surface area contributed by atoms with Crippen molar-refractivity contribution in [2.45, 2.75) is 13.3 Å². The summed E-state index contributed by atoms with van der Waals surface area (Å²) in [5.74, 6) is 0.859. The Bertz CT molecular complexity index is 313. The van der Waals surface area contributed by atoms with Gasteiger partial charge in [-0.25, -0.2) is 4.98 Å². The summed E-state index contributed by atoms with van der Waals surface area (Å²) in [4.78, 5) is 14.7. The number of nitrogens with zero attached hydrogens (tertiary/aromatic N) is 1. The molecule has 1 heterocycles. The first-order chi connectivity index (χ1) is 7.18. The molecule has 0 bridgehead atoms. The largest absolute Gasteiger partial charge is 0.370 e. The average molecular weight is 272 g/mol. The van der Waals surface area contributed by atoms with Gasteiger partial charge in [0.05, 0.1) is 0 Å². The molecule has 0 atom stereocenters. The number of anilines is 1. The number of carbonyl (C=O) groups excluding carboxylic acids is 1. The van der Waals surface area contributed by atoms with Crippen LogP contribution in [0.2, 0.25) is 0 Å². The van der Waals surface area contributed by atoms with E-state index >= 15 is 0 Å². The summed E-state index contributed by atoms with van der Waals surface area (Å²) in [6, 6.07) is 3.84. The van der Waals surface area contributed by atoms with Gasteiger partial charge >= 0.3 is 0 Å². The van der Waals surface area contributed by atoms with E-state index in [1.54, 1.807) is 6.20 Å². The second-order valence-corrected chi connectivity index (χ2v) is 4.04. The highest BCUT2D eigenvalue weighted by Crippen LogP contribution is 2.09. The van der Waals surface area contributed by atoms with Gasteiger partial charge in [-0.2, -0.15) is 0 Å². The van der Waals surface area contributed by atoms with Crippen molar-refractivity contribution < 1.29 is 4.79 Å². The zero-order valence-corrected chi connectivity index (χ0v) is 10.2. The fourth-order valence-corrected chi connectivity index (χ4v) is 1.28. The first-order valence-electron chi connectivity index (χ1n) is 4.78. The van der Waals surface area contributed by atoms with Gasteiger partial charge < -0.3 is 10.6 Å². The first-order valence-corrected chi connectivity index (χ1v) is 5.57. The van der Waals surface area contributed by atoms with Gasteiger partial charge in [0.25, 0.3) is 0 Å². The number of halogens is 1. The number of nitrogens with one attached hydrogen (secondary N) is 2. The first kappa shape index (κ1) is 12.0. The molecule has 1 rings (SSSR count). The summed E-state index contributed by atoms with van der Waals surface area (Å²) in [6.45, 7) is 3.01. The van der Waals surface area contributed by atoms with Crippen molar-refractivity contribution in [3.05, 3.63) is 22.8 Å². The quantitative estimate of drug-likeness (QED) is 0.803. The fraction of sp³-hybridized carbons (Fsp3) is 0.400. The maximum atomic E-state index is 10.6. The van der Waals surface area contributed by atoms with Crippen LogP contribution >= 0.6 is 15.9 Å². The van der Waals surface area contributed by atoms with E-state index in [0.29, 0.717) is 6.54 Å². The third kappa shape index (κ3) is 5.37. The third-order valence-corrected chi connectivity index (χ3v) is 2.23. The van der Waals surface area contributed by atoms with Gasteiger partial charge in [-0.3, -0.25) is 4.79 Å². The van der Waals surface area contributed by atoms with Crippen molar-refractivity contribution in [2.24, 2.45) is 0 Å². The van der Waals surface area contributed by atoms with Crippen molar-refractivity contribution in [1.82, 2.24) is 10.3 Å². The van der Waals surface area contributed by atoms with Crippen LogP contribution in [0.3, 0.4) is 0 Å². The molecule has 0 aliphatic heterocycles. The van der Waals surface area contributed by atoms with Gasteiger partial charge in [0.15, 0.2) is 0 Å². The Morgan fingerprint density at radius 2 is 2.27 bits per heavy atom. The molecule has 0 radical (unpaired) electrons. The average Bonchev–Trinajstić information content (AvgIpc) is 2.20. The van der Waals surface area contributed by atoms with Gasteiger partial charge in [-0.15, -0.1) is 0 Å². The molecule has 0 aromatic carbocycles. The van der Waals surface area contributed by atoms with Crippen molar-refractivity contribution in [3.8, 4) is 0 Å². The summed E-state index contributed by atoms with van der Waals surface area (Å²) < 4.78 is 0.964. The number of rotatable bonds is 5. The molecule has 0 unspecified atom stereocenters. The lowest BCUT2D eigenvalue weighted by Gasteiger charge is -2.05. The molecule has 0 saturated carbocycles. The topological polar surface area (TPSA) is 54.0 Å². The van der Waals surface area contributed by atoms with Crippen LogP contribution in [0.15, 0.2) is 22.8 Å². The fourth-order valence-electron chi connectivity index (χ4n) is 1.05. The molecule has 1 amide bonds. The molecule has 0 spiro atoms. The Kier molecular flexibility index (Phi) is 5.10. The number of hydrogen-bond acceptors (Lipinski definition) is 3. The molecule has 1 aromatic rings. The molecule has 0 aliphatic carbocycles. The normalized spacial score (nSPS) is 9.73. The third-order valence-electron chi connectivity index (χ3n) is 1.76. The molecule has 5 heteroatoms. The zero-order chi connectivity index (χ0) is 11.1. The Morgan fingerprint density at radius 1 is 1.47 bits per heavy atom. The molecule has 1 aromatic heterocycles. The van der Waals surface area contributed by atoms with Crippen LogP contribution in [0.4, 0.5) is 5.82 Å². The Morgan fingerprint density at radius 3 is 2.87 bits per heavy atom. The van der Waals surface area contributed by atoms with E-state index in [9.17, 15) is 4.79 Å².